The zero-order chi connectivity index (χ0) is 23.2. The smallest absolute Gasteiger partial charge is 0.358 e. The average Bonchev–Trinajstić information content (AvgIpc) is 3.54. The summed E-state index contributed by atoms with van der Waals surface area (Å²) < 4.78 is 19.4. The van der Waals surface area contributed by atoms with Gasteiger partial charge in [0.15, 0.2) is 5.69 Å². The summed E-state index contributed by atoms with van der Waals surface area (Å²) >= 11 is 1.36. The van der Waals surface area contributed by atoms with E-state index in [4.69, 9.17) is 9.15 Å². The number of furan rings is 1. The largest absolute Gasteiger partial charge is 0.486 e. The van der Waals surface area contributed by atoms with E-state index in [-0.39, 0.29) is 5.69 Å². The Balaban J connectivity index is 1.33. The van der Waals surface area contributed by atoms with Crippen LogP contribution in [0.1, 0.15) is 33.1 Å². The molecule has 11 heteroatoms. The van der Waals surface area contributed by atoms with Crippen molar-refractivity contribution < 1.29 is 18.7 Å². The molecule has 0 fully saturated rings. The molecule has 0 aliphatic carbocycles. The molecule has 4 rings (SSSR count). The molecular formula is C22H22N6O4S. The molecule has 0 saturated heterocycles. The first-order chi connectivity index (χ1) is 16.0. The van der Waals surface area contributed by atoms with Gasteiger partial charge in [0.2, 0.25) is 5.16 Å². The maximum absolute atomic E-state index is 11.5. The monoisotopic (exact) mass is 466 g/mol. The van der Waals surface area contributed by atoms with Gasteiger partial charge in [0.05, 0.1) is 19.2 Å². The minimum absolute atomic E-state index is 0.243. The van der Waals surface area contributed by atoms with Crippen LogP contribution < -0.4 is 4.74 Å². The molecule has 33 heavy (non-hydrogen) atoms. The highest BCUT2D eigenvalue weighted by Crippen LogP contribution is 2.19. The Hall–Kier alpha value is -3.86. The van der Waals surface area contributed by atoms with Gasteiger partial charge in [0.1, 0.15) is 30.2 Å². The summed E-state index contributed by atoms with van der Waals surface area (Å²) in [5.41, 5.74) is 2.54. The van der Waals surface area contributed by atoms with Crippen LogP contribution in [0.2, 0.25) is 0 Å². The fourth-order valence-corrected chi connectivity index (χ4v) is 3.72. The molecule has 3 aromatic heterocycles. The summed E-state index contributed by atoms with van der Waals surface area (Å²) in [4.78, 5) is 11.5. The molecule has 0 unspecified atom stereocenters. The van der Waals surface area contributed by atoms with E-state index in [0.29, 0.717) is 29.2 Å². The number of rotatable bonds is 9. The highest BCUT2D eigenvalue weighted by atomic mass is 32.2. The molecule has 3 heterocycles. The lowest BCUT2D eigenvalue weighted by molar-refractivity contribution is 0.0593. The van der Waals surface area contributed by atoms with Gasteiger partial charge in [0.25, 0.3) is 0 Å². The molecule has 0 spiro atoms. The zero-order valence-corrected chi connectivity index (χ0v) is 19.2. The Bertz CT molecular complexity index is 1260. The molecule has 1 aromatic carbocycles. The average molecular weight is 467 g/mol. The lowest BCUT2D eigenvalue weighted by Crippen LogP contribution is -2.04. The van der Waals surface area contributed by atoms with Gasteiger partial charge in [-0.3, -0.25) is 4.68 Å². The topological polar surface area (TPSA) is 110 Å². The van der Waals surface area contributed by atoms with Crippen molar-refractivity contribution in [3.05, 3.63) is 77.3 Å². The molecular weight excluding hydrogens is 444 g/mol. The van der Waals surface area contributed by atoms with Gasteiger partial charge in [-0.1, -0.05) is 17.8 Å². The summed E-state index contributed by atoms with van der Waals surface area (Å²) in [6.45, 7) is 4.39. The fraction of sp³-hybridized carbons (Fsp3) is 0.227. The van der Waals surface area contributed by atoms with E-state index in [0.717, 1.165) is 16.9 Å². The summed E-state index contributed by atoms with van der Waals surface area (Å²) in [6, 6.07) is 11.3. The third-order valence-electron chi connectivity index (χ3n) is 4.43. The van der Waals surface area contributed by atoms with E-state index in [1.54, 1.807) is 23.2 Å². The number of aryl methyl sites for hydroxylation is 2. The van der Waals surface area contributed by atoms with Crippen LogP contribution in [-0.2, 0) is 17.2 Å². The molecule has 170 valence electrons. The SMILES string of the molecule is COC(=O)c1ccn(CSc2nncn2/N=C/c2ccc(COc3cc(C)cc(C)c3)o2)n1. The van der Waals surface area contributed by atoms with Crippen LogP contribution in [0.4, 0.5) is 0 Å². The van der Waals surface area contributed by atoms with Crippen LogP contribution >= 0.6 is 11.8 Å². The summed E-state index contributed by atoms with van der Waals surface area (Å²) in [6.07, 6.45) is 4.76. The molecule has 0 atom stereocenters. The van der Waals surface area contributed by atoms with Gasteiger partial charge in [-0.15, -0.1) is 10.2 Å². The van der Waals surface area contributed by atoms with Crippen LogP contribution in [-0.4, -0.2) is 43.9 Å². The van der Waals surface area contributed by atoms with Gasteiger partial charge in [-0.2, -0.15) is 14.9 Å². The number of methoxy groups -OCH3 is 1. The maximum Gasteiger partial charge on any atom is 0.358 e. The highest BCUT2D eigenvalue weighted by Gasteiger charge is 2.10. The van der Waals surface area contributed by atoms with Crippen molar-refractivity contribution in [1.29, 1.82) is 0 Å². The van der Waals surface area contributed by atoms with Crippen molar-refractivity contribution in [1.82, 2.24) is 24.7 Å². The molecule has 0 aliphatic heterocycles. The van der Waals surface area contributed by atoms with Gasteiger partial charge < -0.3 is 13.9 Å². The van der Waals surface area contributed by atoms with Crippen LogP contribution in [0.3, 0.4) is 0 Å². The number of hydrogen-bond acceptors (Lipinski definition) is 9. The number of carbonyl (C=O) groups excluding carboxylic acids is 1. The minimum Gasteiger partial charge on any atom is -0.486 e. The van der Waals surface area contributed by atoms with Crippen molar-refractivity contribution >= 4 is 23.9 Å². The maximum atomic E-state index is 11.5. The molecule has 0 N–H and O–H groups in total. The number of hydrogen-bond donors (Lipinski definition) is 0. The van der Waals surface area contributed by atoms with E-state index in [2.05, 4.69) is 31.2 Å². The second kappa shape index (κ2) is 10.2. The standard InChI is InChI=1S/C22H22N6O4S/c1-15-8-16(2)10-19(9-15)31-12-18-5-4-17(32-18)11-24-28-13-23-25-22(28)33-14-27-7-6-20(26-27)21(29)30-3/h4-11,13H,12,14H2,1-3H3/b24-11+. The molecule has 0 aliphatic rings. The number of nitrogens with zero attached hydrogens (tertiary/aromatic N) is 6. The third kappa shape index (κ3) is 5.89. The van der Waals surface area contributed by atoms with E-state index < -0.39 is 5.97 Å². The zero-order valence-electron chi connectivity index (χ0n) is 18.3. The van der Waals surface area contributed by atoms with Gasteiger partial charge in [-0.25, -0.2) is 4.79 Å². The quantitative estimate of drug-likeness (QED) is 0.209. The van der Waals surface area contributed by atoms with Crippen molar-refractivity contribution in [2.45, 2.75) is 31.5 Å². The van der Waals surface area contributed by atoms with E-state index in [9.17, 15) is 4.79 Å². The number of esters is 1. The molecule has 0 radical (unpaired) electrons. The number of ether oxygens (including phenoxy) is 2. The summed E-state index contributed by atoms with van der Waals surface area (Å²) in [5.74, 6) is 2.01. The molecule has 4 aromatic rings. The van der Waals surface area contributed by atoms with Crippen molar-refractivity contribution in [2.75, 3.05) is 7.11 Å². The fourth-order valence-electron chi connectivity index (χ4n) is 3.00. The second-order valence-corrected chi connectivity index (χ2v) is 8.04. The molecule has 10 nitrogen and oxygen atoms in total. The van der Waals surface area contributed by atoms with E-state index >= 15 is 0 Å². The predicted molar refractivity (Wildman–Crippen MR) is 121 cm³/mol. The van der Waals surface area contributed by atoms with Crippen LogP contribution in [0, 0.1) is 13.8 Å². The Labute approximate surface area is 194 Å². The first-order valence-electron chi connectivity index (χ1n) is 9.99. The Morgan fingerprint density at radius 1 is 1.21 bits per heavy atom. The van der Waals surface area contributed by atoms with Crippen LogP contribution in [0.15, 0.2) is 63.6 Å². The Kier molecular flexibility index (Phi) is 6.89. The van der Waals surface area contributed by atoms with Crippen molar-refractivity contribution in [3.63, 3.8) is 0 Å². The minimum atomic E-state index is -0.483. The van der Waals surface area contributed by atoms with Crippen LogP contribution in [0.5, 0.6) is 5.75 Å². The van der Waals surface area contributed by atoms with Crippen molar-refractivity contribution in [2.24, 2.45) is 5.10 Å². The predicted octanol–water partition coefficient (Wildman–Crippen LogP) is 3.68. The van der Waals surface area contributed by atoms with E-state index in [1.807, 2.05) is 38.1 Å². The normalized spacial score (nSPS) is 11.2. The van der Waals surface area contributed by atoms with Crippen LogP contribution in [0.25, 0.3) is 0 Å². The molecule has 0 bridgehead atoms. The third-order valence-corrected chi connectivity index (χ3v) is 5.35. The van der Waals surface area contributed by atoms with E-state index in [1.165, 1.54) is 29.9 Å². The highest BCUT2D eigenvalue weighted by molar-refractivity contribution is 7.98. The first-order valence-corrected chi connectivity index (χ1v) is 11.0. The summed E-state index contributed by atoms with van der Waals surface area (Å²) in [5, 5.41) is 17.0. The number of thioether (sulfide) groups is 1. The van der Waals surface area contributed by atoms with Gasteiger partial charge in [0, 0.05) is 6.20 Å². The molecule has 0 amide bonds. The van der Waals surface area contributed by atoms with Crippen molar-refractivity contribution in [3.8, 4) is 5.75 Å². The number of benzene rings is 1. The van der Waals surface area contributed by atoms with Gasteiger partial charge >= 0.3 is 5.97 Å². The Morgan fingerprint density at radius 2 is 2.03 bits per heavy atom. The summed E-state index contributed by atoms with van der Waals surface area (Å²) in [7, 11) is 1.32. The lowest BCUT2D eigenvalue weighted by atomic mass is 10.1. The molecule has 0 saturated carbocycles. The lowest BCUT2D eigenvalue weighted by Gasteiger charge is -2.06. The number of carbonyl (C=O) groups is 1. The Morgan fingerprint density at radius 3 is 2.82 bits per heavy atom. The second-order valence-electron chi connectivity index (χ2n) is 7.12. The number of aromatic nitrogens is 5. The van der Waals surface area contributed by atoms with Gasteiger partial charge in [-0.05, 0) is 55.3 Å². The first kappa shape index (κ1) is 22.3.